The highest BCUT2D eigenvalue weighted by atomic mass is 79.9. The molecule has 16 heavy (non-hydrogen) atoms. The van der Waals surface area contributed by atoms with Crippen molar-refractivity contribution in [2.24, 2.45) is 5.92 Å². The molecule has 1 rings (SSSR count). The normalized spacial score (nSPS) is 10.8. The zero-order chi connectivity index (χ0) is 12.1. The molecule has 1 aromatic rings. The molecule has 1 nitrogen and oxygen atoms in total. The van der Waals surface area contributed by atoms with E-state index in [1.54, 1.807) is 6.07 Å². The Labute approximate surface area is 104 Å². The van der Waals surface area contributed by atoms with Crippen LogP contribution in [0.25, 0.3) is 0 Å². The summed E-state index contributed by atoms with van der Waals surface area (Å²) in [6, 6.07) is 4.67. The first-order valence-electron chi connectivity index (χ1n) is 5.47. The van der Waals surface area contributed by atoms with Crippen LogP contribution in [0.3, 0.4) is 0 Å². The Morgan fingerprint density at radius 3 is 2.69 bits per heavy atom. The van der Waals surface area contributed by atoms with Crippen LogP contribution >= 0.6 is 15.9 Å². The van der Waals surface area contributed by atoms with Gasteiger partial charge in [0.1, 0.15) is 11.6 Å². The van der Waals surface area contributed by atoms with Gasteiger partial charge < -0.3 is 0 Å². The predicted molar refractivity (Wildman–Crippen MR) is 66.9 cm³/mol. The lowest BCUT2D eigenvalue weighted by Crippen LogP contribution is -2.06. The Bertz CT molecular complexity index is 374. The van der Waals surface area contributed by atoms with Gasteiger partial charge in [-0.15, -0.1) is 0 Å². The molecule has 0 aromatic heterocycles. The minimum Gasteiger partial charge on any atom is -0.299 e. The molecule has 0 atom stereocenters. The van der Waals surface area contributed by atoms with Gasteiger partial charge in [0.15, 0.2) is 0 Å². The first-order valence-corrected chi connectivity index (χ1v) is 6.26. The predicted octanol–water partition coefficient (Wildman–Crippen LogP) is 4.14. The highest BCUT2D eigenvalue weighted by molar-refractivity contribution is 9.10. The summed E-state index contributed by atoms with van der Waals surface area (Å²) in [7, 11) is 0. The van der Waals surface area contributed by atoms with Crippen LogP contribution in [-0.2, 0) is 11.2 Å². The molecule has 0 aliphatic rings. The Morgan fingerprint density at radius 1 is 1.44 bits per heavy atom. The SMILES string of the molecule is CC(C)C(=O)CCCc1ccc(F)cc1Br. The van der Waals surface area contributed by atoms with Crippen molar-refractivity contribution in [3.63, 3.8) is 0 Å². The molecule has 1 aromatic carbocycles. The number of Topliss-reactive ketones (excluding diaryl/α,β-unsaturated/α-hetero) is 1. The van der Waals surface area contributed by atoms with Crippen LogP contribution in [-0.4, -0.2) is 5.78 Å². The van der Waals surface area contributed by atoms with Gasteiger partial charge in [0, 0.05) is 16.8 Å². The summed E-state index contributed by atoms with van der Waals surface area (Å²) < 4.78 is 13.6. The molecule has 0 radical (unpaired) electrons. The van der Waals surface area contributed by atoms with Gasteiger partial charge in [0.2, 0.25) is 0 Å². The summed E-state index contributed by atoms with van der Waals surface area (Å²) in [4.78, 5) is 11.4. The molecule has 0 N–H and O–H groups in total. The van der Waals surface area contributed by atoms with Crippen LogP contribution < -0.4 is 0 Å². The Balaban J connectivity index is 2.46. The second-order valence-electron chi connectivity index (χ2n) is 4.21. The molecular formula is C13H16BrFO. The van der Waals surface area contributed by atoms with Crippen molar-refractivity contribution in [3.05, 3.63) is 34.1 Å². The summed E-state index contributed by atoms with van der Waals surface area (Å²) >= 11 is 3.32. The largest absolute Gasteiger partial charge is 0.299 e. The van der Waals surface area contributed by atoms with E-state index in [2.05, 4.69) is 15.9 Å². The number of rotatable bonds is 5. The summed E-state index contributed by atoms with van der Waals surface area (Å²) in [5.41, 5.74) is 1.05. The van der Waals surface area contributed by atoms with Crippen molar-refractivity contribution in [2.75, 3.05) is 0 Å². The number of aryl methyl sites for hydroxylation is 1. The van der Waals surface area contributed by atoms with Crippen LogP contribution in [0.1, 0.15) is 32.3 Å². The number of carbonyl (C=O) groups excluding carboxylic acids is 1. The molecule has 0 aliphatic heterocycles. The minimum absolute atomic E-state index is 0.108. The maximum atomic E-state index is 12.8. The van der Waals surface area contributed by atoms with Crippen molar-refractivity contribution in [1.82, 2.24) is 0 Å². The van der Waals surface area contributed by atoms with Crippen molar-refractivity contribution in [2.45, 2.75) is 33.1 Å². The average Bonchev–Trinajstić information content (AvgIpc) is 2.20. The zero-order valence-corrected chi connectivity index (χ0v) is 11.2. The molecule has 0 amide bonds. The van der Waals surface area contributed by atoms with Gasteiger partial charge in [0.05, 0.1) is 0 Å². The third-order valence-corrected chi connectivity index (χ3v) is 3.27. The molecular weight excluding hydrogens is 271 g/mol. The van der Waals surface area contributed by atoms with E-state index in [1.807, 2.05) is 13.8 Å². The fraction of sp³-hybridized carbons (Fsp3) is 0.462. The van der Waals surface area contributed by atoms with Crippen LogP contribution in [0.5, 0.6) is 0 Å². The number of hydrogen-bond donors (Lipinski definition) is 0. The topological polar surface area (TPSA) is 17.1 Å². The van der Waals surface area contributed by atoms with E-state index in [4.69, 9.17) is 0 Å². The quantitative estimate of drug-likeness (QED) is 0.795. The molecule has 0 heterocycles. The van der Waals surface area contributed by atoms with Gasteiger partial charge >= 0.3 is 0 Å². The summed E-state index contributed by atoms with van der Waals surface area (Å²) in [6.07, 6.45) is 2.22. The molecule has 0 bridgehead atoms. The van der Waals surface area contributed by atoms with Crippen LogP contribution in [0, 0.1) is 11.7 Å². The average molecular weight is 287 g/mol. The van der Waals surface area contributed by atoms with Crippen LogP contribution in [0.2, 0.25) is 0 Å². The fourth-order valence-electron chi connectivity index (χ4n) is 1.47. The first-order chi connectivity index (χ1) is 7.50. The third-order valence-electron chi connectivity index (χ3n) is 2.53. The molecule has 88 valence electrons. The number of ketones is 1. The molecule has 0 aliphatic carbocycles. The van der Waals surface area contributed by atoms with E-state index in [0.717, 1.165) is 22.9 Å². The summed E-state index contributed by atoms with van der Waals surface area (Å²) in [5, 5.41) is 0. The highest BCUT2D eigenvalue weighted by Crippen LogP contribution is 2.20. The summed E-state index contributed by atoms with van der Waals surface area (Å²) in [6.45, 7) is 3.83. The van der Waals surface area contributed by atoms with E-state index in [-0.39, 0.29) is 11.7 Å². The molecule has 3 heteroatoms. The standard InChI is InChI=1S/C13H16BrFO/c1-9(2)13(16)5-3-4-10-6-7-11(15)8-12(10)14/h6-9H,3-5H2,1-2H3. The molecule has 0 saturated heterocycles. The van der Waals surface area contributed by atoms with E-state index >= 15 is 0 Å². The maximum Gasteiger partial charge on any atom is 0.135 e. The number of benzene rings is 1. The third kappa shape index (κ3) is 4.05. The first kappa shape index (κ1) is 13.4. The Kier molecular flexibility index (Phi) is 5.13. The van der Waals surface area contributed by atoms with Gasteiger partial charge in [-0.2, -0.15) is 0 Å². The number of halogens is 2. The smallest absolute Gasteiger partial charge is 0.135 e. The maximum absolute atomic E-state index is 12.8. The molecule has 0 fully saturated rings. The zero-order valence-electron chi connectivity index (χ0n) is 9.59. The van der Waals surface area contributed by atoms with Crippen LogP contribution in [0.15, 0.2) is 22.7 Å². The lowest BCUT2D eigenvalue weighted by Gasteiger charge is -2.06. The van der Waals surface area contributed by atoms with Gasteiger partial charge in [0.25, 0.3) is 0 Å². The fourth-order valence-corrected chi connectivity index (χ4v) is 2.02. The van der Waals surface area contributed by atoms with E-state index in [9.17, 15) is 9.18 Å². The Morgan fingerprint density at radius 2 is 2.12 bits per heavy atom. The van der Waals surface area contributed by atoms with Crippen molar-refractivity contribution < 1.29 is 9.18 Å². The van der Waals surface area contributed by atoms with Crippen molar-refractivity contribution in [3.8, 4) is 0 Å². The van der Waals surface area contributed by atoms with Gasteiger partial charge in [-0.05, 0) is 30.5 Å². The monoisotopic (exact) mass is 286 g/mol. The summed E-state index contributed by atoms with van der Waals surface area (Å²) in [5.74, 6) is 0.156. The molecule has 0 spiro atoms. The number of hydrogen-bond acceptors (Lipinski definition) is 1. The van der Waals surface area contributed by atoms with Crippen LogP contribution in [0.4, 0.5) is 4.39 Å². The second kappa shape index (κ2) is 6.14. The number of carbonyl (C=O) groups is 1. The Hall–Kier alpha value is -0.700. The van der Waals surface area contributed by atoms with E-state index in [1.165, 1.54) is 12.1 Å². The molecule has 0 saturated carbocycles. The molecule has 0 unspecified atom stereocenters. The van der Waals surface area contributed by atoms with E-state index in [0.29, 0.717) is 12.2 Å². The van der Waals surface area contributed by atoms with E-state index < -0.39 is 0 Å². The van der Waals surface area contributed by atoms with Gasteiger partial charge in [-0.1, -0.05) is 35.8 Å². The lowest BCUT2D eigenvalue weighted by atomic mass is 10.0. The van der Waals surface area contributed by atoms with Crippen molar-refractivity contribution in [1.29, 1.82) is 0 Å². The van der Waals surface area contributed by atoms with Crippen molar-refractivity contribution >= 4 is 21.7 Å². The van der Waals surface area contributed by atoms with Gasteiger partial charge in [-0.25, -0.2) is 4.39 Å². The highest BCUT2D eigenvalue weighted by Gasteiger charge is 2.07. The van der Waals surface area contributed by atoms with Gasteiger partial charge in [-0.3, -0.25) is 4.79 Å². The lowest BCUT2D eigenvalue weighted by molar-refractivity contribution is -0.121. The second-order valence-corrected chi connectivity index (χ2v) is 5.06. The minimum atomic E-state index is -0.242.